The fraction of sp³-hybridized carbons (Fsp3) is 0.333. The van der Waals surface area contributed by atoms with E-state index in [1.165, 1.54) is 6.08 Å². The lowest BCUT2D eigenvalue weighted by atomic mass is 10.2. The van der Waals surface area contributed by atoms with E-state index in [0.717, 1.165) is 23.8 Å². The van der Waals surface area contributed by atoms with Crippen LogP contribution in [0.3, 0.4) is 0 Å². The molecule has 0 spiro atoms. The summed E-state index contributed by atoms with van der Waals surface area (Å²) in [6, 6.07) is 6.87. The second-order valence-corrected chi connectivity index (χ2v) is 5.36. The van der Waals surface area contributed by atoms with Crippen molar-refractivity contribution in [1.82, 2.24) is 5.32 Å². The third kappa shape index (κ3) is 6.85. The number of aliphatic carboxylic acids is 1. The van der Waals surface area contributed by atoms with Gasteiger partial charge in [0.2, 0.25) is 0 Å². The van der Waals surface area contributed by atoms with Crippen molar-refractivity contribution in [2.75, 3.05) is 17.3 Å². The lowest BCUT2D eigenvalue weighted by molar-refractivity contribution is -0.131. The predicted molar refractivity (Wildman–Crippen MR) is 87.7 cm³/mol. The van der Waals surface area contributed by atoms with Gasteiger partial charge in [-0.1, -0.05) is 19.1 Å². The van der Waals surface area contributed by atoms with E-state index in [1.54, 1.807) is 36.0 Å². The Balaban J connectivity index is 2.55. The molecule has 2 amide bonds. The Hall–Kier alpha value is -1.95. The topological polar surface area (TPSA) is 78.4 Å². The third-order valence-corrected chi connectivity index (χ3v) is 3.52. The summed E-state index contributed by atoms with van der Waals surface area (Å²) in [5.41, 5.74) is 1.43. The van der Waals surface area contributed by atoms with Crippen LogP contribution in [0.4, 0.5) is 10.5 Å². The SMILES string of the molecule is CCC(CSC)NC(=O)Nc1ccc(/C=C/C(=O)O)cc1. The zero-order valence-electron chi connectivity index (χ0n) is 12.1. The molecule has 0 aromatic heterocycles. The monoisotopic (exact) mass is 308 g/mol. The van der Waals surface area contributed by atoms with Crippen molar-refractivity contribution in [3.8, 4) is 0 Å². The quantitative estimate of drug-likeness (QED) is 0.677. The number of carbonyl (C=O) groups excluding carboxylic acids is 1. The van der Waals surface area contributed by atoms with Gasteiger partial charge in [0.05, 0.1) is 0 Å². The highest BCUT2D eigenvalue weighted by Gasteiger charge is 2.09. The van der Waals surface area contributed by atoms with Crippen LogP contribution in [-0.2, 0) is 4.79 Å². The van der Waals surface area contributed by atoms with Crippen LogP contribution in [0.15, 0.2) is 30.3 Å². The molecule has 5 nitrogen and oxygen atoms in total. The Morgan fingerprint density at radius 3 is 2.52 bits per heavy atom. The average Bonchev–Trinajstić information content (AvgIpc) is 2.46. The first-order valence-electron chi connectivity index (χ1n) is 6.62. The largest absolute Gasteiger partial charge is 0.478 e. The first kappa shape index (κ1) is 17.1. The first-order chi connectivity index (χ1) is 10.0. The molecule has 0 aliphatic carbocycles. The van der Waals surface area contributed by atoms with Gasteiger partial charge < -0.3 is 15.7 Å². The zero-order chi connectivity index (χ0) is 15.7. The second-order valence-electron chi connectivity index (χ2n) is 4.45. The number of hydrogen-bond donors (Lipinski definition) is 3. The molecule has 0 fully saturated rings. The Bertz CT molecular complexity index is 500. The number of benzene rings is 1. The van der Waals surface area contributed by atoms with Crippen LogP contribution >= 0.6 is 11.8 Å². The number of hydrogen-bond acceptors (Lipinski definition) is 3. The van der Waals surface area contributed by atoms with Gasteiger partial charge in [0, 0.05) is 23.6 Å². The molecular formula is C15H20N2O3S. The van der Waals surface area contributed by atoms with Gasteiger partial charge in [-0.3, -0.25) is 0 Å². The number of rotatable bonds is 7. The predicted octanol–water partition coefficient (Wildman–Crippen LogP) is 3.05. The van der Waals surface area contributed by atoms with Gasteiger partial charge in [-0.25, -0.2) is 9.59 Å². The second kappa shape index (κ2) is 9.07. The maximum absolute atomic E-state index is 11.8. The van der Waals surface area contributed by atoms with Crippen molar-refractivity contribution < 1.29 is 14.7 Å². The van der Waals surface area contributed by atoms with E-state index in [2.05, 4.69) is 10.6 Å². The molecule has 1 aromatic carbocycles. The molecule has 3 N–H and O–H groups in total. The molecule has 1 unspecified atom stereocenters. The van der Waals surface area contributed by atoms with Gasteiger partial charge >= 0.3 is 12.0 Å². The van der Waals surface area contributed by atoms with Gasteiger partial charge in [-0.2, -0.15) is 11.8 Å². The van der Waals surface area contributed by atoms with E-state index in [-0.39, 0.29) is 12.1 Å². The van der Waals surface area contributed by atoms with E-state index in [0.29, 0.717) is 5.69 Å². The summed E-state index contributed by atoms with van der Waals surface area (Å²) in [6.45, 7) is 2.03. The lowest BCUT2D eigenvalue weighted by Crippen LogP contribution is -2.39. The minimum Gasteiger partial charge on any atom is -0.478 e. The fourth-order valence-electron chi connectivity index (χ4n) is 1.66. The highest BCUT2D eigenvalue weighted by Crippen LogP contribution is 2.11. The van der Waals surface area contributed by atoms with Crippen molar-refractivity contribution in [2.24, 2.45) is 0 Å². The summed E-state index contributed by atoms with van der Waals surface area (Å²) in [6.07, 6.45) is 5.46. The molecular weight excluding hydrogens is 288 g/mol. The Labute approximate surface area is 128 Å². The Morgan fingerprint density at radius 1 is 1.33 bits per heavy atom. The molecule has 21 heavy (non-hydrogen) atoms. The van der Waals surface area contributed by atoms with Crippen molar-refractivity contribution >= 4 is 35.5 Å². The number of carboxylic acids is 1. The van der Waals surface area contributed by atoms with Crippen LogP contribution < -0.4 is 10.6 Å². The summed E-state index contributed by atoms with van der Waals surface area (Å²) in [5.74, 6) is -0.112. The molecule has 0 saturated carbocycles. The molecule has 1 aromatic rings. The Morgan fingerprint density at radius 2 is 2.00 bits per heavy atom. The minimum absolute atomic E-state index is 0.151. The molecule has 6 heteroatoms. The van der Waals surface area contributed by atoms with Crippen LogP contribution in [0, 0.1) is 0 Å². The molecule has 0 aliphatic rings. The van der Waals surface area contributed by atoms with E-state index < -0.39 is 5.97 Å². The number of amides is 2. The van der Waals surface area contributed by atoms with Crippen molar-refractivity contribution in [1.29, 1.82) is 0 Å². The van der Waals surface area contributed by atoms with E-state index >= 15 is 0 Å². The van der Waals surface area contributed by atoms with Gasteiger partial charge in [0.1, 0.15) is 0 Å². The number of nitrogens with one attached hydrogen (secondary N) is 2. The van der Waals surface area contributed by atoms with E-state index in [4.69, 9.17) is 5.11 Å². The first-order valence-corrected chi connectivity index (χ1v) is 8.02. The molecule has 114 valence electrons. The smallest absolute Gasteiger partial charge is 0.328 e. The number of urea groups is 1. The number of carboxylic acid groups (broad SMARTS) is 1. The number of anilines is 1. The Kier molecular flexibility index (Phi) is 7.39. The van der Waals surface area contributed by atoms with Crippen molar-refractivity contribution in [2.45, 2.75) is 19.4 Å². The van der Waals surface area contributed by atoms with Crippen LogP contribution in [0.25, 0.3) is 6.08 Å². The molecule has 1 atom stereocenters. The molecule has 0 heterocycles. The van der Waals surface area contributed by atoms with Gasteiger partial charge in [0.15, 0.2) is 0 Å². The highest BCUT2D eigenvalue weighted by atomic mass is 32.2. The maximum Gasteiger partial charge on any atom is 0.328 e. The van der Waals surface area contributed by atoms with Crippen LogP contribution in [0.5, 0.6) is 0 Å². The minimum atomic E-state index is -0.990. The maximum atomic E-state index is 11.8. The standard InChI is InChI=1S/C15H20N2O3S/c1-3-12(10-21-2)16-15(20)17-13-7-4-11(5-8-13)6-9-14(18)19/h4-9,12H,3,10H2,1-2H3,(H,18,19)(H2,16,17,20)/b9-6+. The molecule has 0 aliphatic heterocycles. The van der Waals surface area contributed by atoms with Crippen LogP contribution in [-0.4, -0.2) is 35.2 Å². The van der Waals surface area contributed by atoms with Gasteiger partial charge in [-0.05, 0) is 36.4 Å². The zero-order valence-corrected chi connectivity index (χ0v) is 12.9. The summed E-state index contributed by atoms with van der Waals surface area (Å²) in [7, 11) is 0. The normalized spacial score (nSPS) is 12.1. The van der Waals surface area contributed by atoms with Gasteiger partial charge in [0.25, 0.3) is 0 Å². The van der Waals surface area contributed by atoms with Crippen LogP contribution in [0.1, 0.15) is 18.9 Å². The summed E-state index contributed by atoms with van der Waals surface area (Å²) in [5, 5.41) is 14.2. The summed E-state index contributed by atoms with van der Waals surface area (Å²) in [4.78, 5) is 22.2. The molecule has 1 rings (SSSR count). The van der Waals surface area contributed by atoms with Crippen molar-refractivity contribution in [3.05, 3.63) is 35.9 Å². The van der Waals surface area contributed by atoms with E-state index in [9.17, 15) is 9.59 Å². The number of carbonyl (C=O) groups is 2. The molecule has 0 saturated heterocycles. The van der Waals surface area contributed by atoms with Crippen molar-refractivity contribution in [3.63, 3.8) is 0 Å². The fourth-order valence-corrected chi connectivity index (χ4v) is 2.38. The molecule has 0 bridgehead atoms. The third-order valence-electron chi connectivity index (χ3n) is 2.78. The average molecular weight is 308 g/mol. The number of thioether (sulfide) groups is 1. The summed E-state index contributed by atoms with van der Waals surface area (Å²) >= 11 is 1.69. The highest BCUT2D eigenvalue weighted by molar-refractivity contribution is 7.98. The molecule has 0 radical (unpaired) electrons. The lowest BCUT2D eigenvalue weighted by Gasteiger charge is -2.16. The summed E-state index contributed by atoms with van der Waals surface area (Å²) < 4.78 is 0. The van der Waals surface area contributed by atoms with Gasteiger partial charge in [-0.15, -0.1) is 0 Å². The van der Waals surface area contributed by atoms with E-state index in [1.807, 2.05) is 13.2 Å². The van der Waals surface area contributed by atoms with Crippen LogP contribution in [0.2, 0.25) is 0 Å².